The lowest BCUT2D eigenvalue weighted by Crippen LogP contribution is -2.36. The zero-order chi connectivity index (χ0) is 13.7. The van der Waals surface area contributed by atoms with Crippen molar-refractivity contribution >= 4 is 11.8 Å². The molecule has 0 radical (unpaired) electrons. The summed E-state index contributed by atoms with van der Waals surface area (Å²) < 4.78 is 4.59. The average molecular weight is 249 g/mol. The van der Waals surface area contributed by atoms with E-state index in [0.717, 1.165) is 11.1 Å². The van der Waals surface area contributed by atoms with Crippen LogP contribution < -0.4 is 5.32 Å². The number of methoxy groups -OCH3 is 1. The summed E-state index contributed by atoms with van der Waals surface area (Å²) in [5, 5.41) is 2.86. The first-order valence-corrected chi connectivity index (χ1v) is 5.85. The van der Waals surface area contributed by atoms with Crippen molar-refractivity contribution in [2.24, 2.45) is 0 Å². The average Bonchev–Trinajstić information content (AvgIpc) is 2.34. The zero-order valence-electron chi connectivity index (χ0n) is 11.2. The summed E-state index contributed by atoms with van der Waals surface area (Å²) in [4.78, 5) is 23.5. The molecule has 1 unspecified atom stereocenters. The second-order valence-electron chi connectivity index (χ2n) is 4.30. The third-order valence-electron chi connectivity index (χ3n) is 2.91. The van der Waals surface area contributed by atoms with Gasteiger partial charge >= 0.3 is 5.97 Å². The van der Waals surface area contributed by atoms with Gasteiger partial charge in [-0.1, -0.05) is 23.8 Å². The number of nitrogens with one attached hydrogen (secondary N) is 1. The third-order valence-corrected chi connectivity index (χ3v) is 2.91. The molecule has 0 bridgehead atoms. The third kappa shape index (κ3) is 3.40. The number of hydrogen-bond donors (Lipinski definition) is 1. The van der Waals surface area contributed by atoms with Gasteiger partial charge in [0.15, 0.2) is 5.78 Å². The van der Waals surface area contributed by atoms with Crippen molar-refractivity contribution in [1.82, 2.24) is 5.32 Å². The minimum absolute atomic E-state index is 0.0408. The highest BCUT2D eigenvalue weighted by Crippen LogP contribution is 2.14. The lowest BCUT2D eigenvalue weighted by molar-refractivity contribution is -0.140. The van der Waals surface area contributed by atoms with E-state index < -0.39 is 12.0 Å². The first-order chi connectivity index (χ1) is 8.49. The van der Waals surface area contributed by atoms with Crippen molar-refractivity contribution in [2.45, 2.75) is 26.3 Å². The van der Waals surface area contributed by atoms with Crippen molar-refractivity contribution in [3.63, 3.8) is 0 Å². The Bertz CT molecular complexity index is 454. The SMILES string of the molecule is CNC(CC(=O)OC)C(=O)c1ccc(C)cc1C. The molecule has 0 amide bonds. The van der Waals surface area contributed by atoms with Crippen LogP contribution in [0.2, 0.25) is 0 Å². The second kappa shape index (κ2) is 6.31. The molecule has 0 aromatic heterocycles. The Morgan fingerprint density at radius 1 is 1.33 bits per heavy atom. The molecule has 1 aromatic rings. The monoisotopic (exact) mass is 249 g/mol. The smallest absolute Gasteiger partial charge is 0.307 e. The number of rotatable bonds is 5. The van der Waals surface area contributed by atoms with Gasteiger partial charge in [-0.05, 0) is 26.5 Å². The standard InChI is InChI=1S/C14H19NO3/c1-9-5-6-11(10(2)7-9)14(17)12(15-3)8-13(16)18-4/h5-7,12,15H,8H2,1-4H3. The number of esters is 1. The molecule has 0 aliphatic heterocycles. The number of carbonyl (C=O) groups is 2. The van der Waals surface area contributed by atoms with Crippen LogP contribution in [-0.4, -0.2) is 32.0 Å². The Balaban J connectivity index is 2.93. The molecule has 0 heterocycles. The van der Waals surface area contributed by atoms with Crippen LogP contribution in [0.5, 0.6) is 0 Å². The van der Waals surface area contributed by atoms with Gasteiger partial charge < -0.3 is 10.1 Å². The van der Waals surface area contributed by atoms with E-state index in [9.17, 15) is 9.59 Å². The zero-order valence-corrected chi connectivity index (χ0v) is 11.2. The van der Waals surface area contributed by atoms with Crippen molar-refractivity contribution < 1.29 is 14.3 Å². The molecule has 1 atom stereocenters. The maximum Gasteiger partial charge on any atom is 0.307 e. The molecule has 1 rings (SSSR count). The molecule has 0 fully saturated rings. The van der Waals surface area contributed by atoms with Gasteiger partial charge in [-0.25, -0.2) is 0 Å². The highest BCUT2D eigenvalue weighted by molar-refractivity contribution is 6.02. The van der Waals surface area contributed by atoms with Crippen LogP contribution in [0.4, 0.5) is 0 Å². The number of ether oxygens (including phenoxy) is 1. The maximum absolute atomic E-state index is 12.3. The van der Waals surface area contributed by atoms with Crippen LogP contribution >= 0.6 is 0 Å². The minimum Gasteiger partial charge on any atom is -0.469 e. The Morgan fingerprint density at radius 2 is 2.00 bits per heavy atom. The van der Waals surface area contributed by atoms with Gasteiger partial charge in [-0.2, -0.15) is 0 Å². The molecule has 98 valence electrons. The fourth-order valence-electron chi connectivity index (χ4n) is 1.85. The summed E-state index contributed by atoms with van der Waals surface area (Å²) in [5.74, 6) is -0.479. The van der Waals surface area contributed by atoms with E-state index in [4.69, 9.17) is 0 Å². The molecule has 1 N–H and O–H groups in total. The molecule has 1 aromatic carbocycles. The first-order valence-electron chi connectivity index (χ1n) is 5.85. The van der Waals surface area contributed by atoms with Crippen molar-refractivity contribution in [1.29, 1.82) is 0 Å². The number of Topliss-reactive ketones (excluding diaryl/α,β-unsaturated/α-hetero) is 1. The van der Waals surface area contributed by atoms with Gasteiger partial charge in [-0.3, -0.25) is 9.59 Å². The highest BCUT2D eigenvalue weighted by atomic mass is 16.5. The lowest BCUT2D eigenvalue weighted by atomic mass is 9.96. The predicted octanol–water partition coefficient (Wildman–Crippen LogP) is 1.64. The Kier molecular flexibility index (Phi) is 5.04. The normalized spacial score (nSPS) is 12.0. The number of aryl methyl sites for hydroxylation is 2. The molecule has 0 aliphatic rings. The van der Waals surface area contributed by atoms with Crippen LogP contribution in [0.1, 0.15) is 27.9 Å². The van der Waals surface area contributed by atoms with E-state index in [1.54, 1.807) is 13.1 Å². The Morgan fingerprint density at radius 3 is 2.50 bits per heavy atom. The summed E-state index contributed by atoms with van der Waals surface area (Å²) >= 11 is 0. The number of benzene rings is 1. The Hall–Kier alpha value is -1.68. The quantitative estimate of drug-likeness (QED) is 0.636. The van der Waals surface area contributed by atoms with Crippen LogP contribution in [0.15, 0.2) is 18.2 Å². The molecule has 4 heteroatoms. The number of carbonyl (C=O) groups excluding carboxylic acids is 2. The summed E-state index contributed by atoms with van der Waals surface area (Å²) in [6.45, 7) is 3.87. The molecule has 0 aliphatic carbocycles. The number of ketones is 1. The highest BCUT2D eigenvalue weighted by Gasteiger charge is 2.22. The van der Waals surface area contributed by atoms with Gasteiger partial charge in [-0.15, -0.1) is 0 Å². The predicted molar refractivity (Wildman–Crippen MR) is 69.7 cm³/mol. The number of hydrogen-bond acceptors (Lipinski definition) is 4. The van der Waals surface area contributed by atoms with Crippen molar-refractivity contribution in [3.8, 4) is 0 Å². The van der Waals surface area contributed by atoms with Crippen molar-refractivity contribution in [2.75, 3.05) is 14.2 Å². The van der Waals surface area contributed by atoms with E-state index in [1.165, 1.54) is 7.11 Å². The van der Waals surface area contributed by atoms with Gasteiger partial charge in [0, 0.05) is 5.56 Å². The molecule has 0 saturated carbocycles. The fraction of sp³-hybridized carbons (Fsp3) is 0.429. The second-order valence-corrected chi connectivity index (χ2v) is 4.30. The fourth-order valence-corrected chi connectivity index (χ4v) is 1.85. The summed E-state index contributed by atoms with van der Waals surface area (Å²) in [5.41, 5.74) is 2.67. The van der Waals surface area contributed by atoms with Crippen LogP contribution in [0.25, 0.3) is 0 Å². The summed E-state index contributed by atoms with van der Waals surface area (Å²) in [6.07, 6.45) is 0.0408. The number of likely N-dealkylation sites (N-methyl/N-ethyl adjacent to an activating group) is 1. The topological polar surface area (TPSA) is 55.4 Å². The largest absolute Gasteiger partial charge is 0.469 e. The van der Waals surface area contributed by atoms with Crippen LogP contribution in [0, 0.1) is 13.8 Å². The van der Waals surface area contributed by atoms with E-state index in [0.29, 0.717) is 5.56 Å². The van der Waals surface area contributed by atoms with E-state index in [2.05, 4.69) is 10.1 Å². The first kappa shape index (κ1) is 14.4. The van der Waals surface area contributed by atoms with Crippen molar-refractivity contribution in [3.05, 3.63) is 34.9 Å². The van der Waals surface area contributed by atoms with E-state index >= 15 is 0 Å². The van der Waals surface area contributed by atoms with E-state index in [-0.39, 0.29) is 12.2 Å². The van der Waals surface area contributed by atoms with E-state index in [1.807, 2.05) is 26.0 Å². The summed E-state index contributed by atoms with van der Waals surface area (Å²) in [7, 11) is 2.98. The molecule has 0 spiro atoms. The minimum atomic E-state index is -0.543. The molecular formula is C14H19NO3. The van der Waals surface area contributed by atoms with Crippen LogP contribution in [0.3, 0.4) is 0 Å². The van der Waals surface area contributed by atoms with Gasteiger partial charge in [0.2, 0.25) is 0 Å². The molecular weight excluding hydrogens is 230 g/mol. The van der Waals surface area contributed by atoms with Crippen LogP contribution in [-0.2, 0) is 9.53 Å². The van der Waals surface area contributed by atoms with Gasteiger partial charge in [0.05, 0.1) is 19.6 Å². The van der Waals surface area contributed by atoms with Gasteiger partial charge in [0.25, 0.3) is 0 Å². The van der Waals surface area contributed by atoms with Gasteiger partial charge in [0.1, 0.15) is 0 Å². The lowest BCUT2D eigenvalue weighted by Gasteiger charge is -2.15. The molecule has 4 nitrogen and oxygen atoms in total. The maximum atomic E-state index is 12.3. The summed E-state index contributed by atoms with van der Waals surface area (Å²) in [6, 6.07) is 5.11. The Labute approximate surface area is 107 Å². The molecule has 0 saturated heterocycles. The molecule has 18 heavy (non-hydrogen) atoms.